The summed E-state index contributed by atoms with van der Waals surface area (Å²) in [6.07, 6.45) is 8.28. The number of rotatable bonds is 3. The number of amidine groups is 1. The van der Waals surface area contributed by atoms with E-state index in [-0.39, 0.29) is 18.6 Å². The van der Waals surface area contributed by atoms with Crippen LogP contribution in [0, 0.1) is 10.8 Å². The van der Waals surface area contributed by atoms with Crippen LogP contribution >= 0.6 is 0 Å². The monoisotopic (exact) mass is 393 g/mol. The van der Waals surface area contributed by atoms with E-state index in [1.54, 1.807) is 0 Å². The zero-order valence-electron chi connectivity index (χ0n) is 18.0. The molecule has 0 radical (unpaired) electrons. The number of nitrogens with zero attached hydrogens (tertiary/aromatic N) is 2. The van der Waals surface area contributed by atoms with Crippen LogP contribution in [0.2, 0.25) is 0 Å². The molecule has 1 saturated heterocycles. The lowest BCUT2D eigenvalue weighted by Crippen LogP contribution is -2.40. The van der Waals surface area contributed by atoms with Crippen molar-refractivity contribution < 1.29 is 19.4 Å². The largest absolute Gasteiger partial charge is 0.483 e. The summed E-state index contributed by atoms with van der Waals surface area (Å²) >= 11 is 0. The topological polar surface area (TPSA) is 91.2 Å². The normalized spacial score (nSPS) is 22.3. The van der Waals surface area contributed by atoms with Gasteiger partial charge in [0, 0.05) is 11.6 Å². The molecule has 1 amide bonds. The highest BCUT2D eigenvalue weighted by atomic mass is 16.5. The first kappa shape index (κ1) is 23.9. The summed E-state index contributed by atoms with van der Waals surface area (Å²) in [5.74, 6) is 1.08. The van der Waals surface area contributed by atoms with Gasteiger partial charge in [0.1, 0.15) is 17.9 Å². The summed E-state index contributed by atoms with van der Waals surface area (Å²) in [5.41, 5.74) is -0.121. The first-order chi connectivity index (χ1) is 12.9. The van der Waals surface area contributed by atoms with Crippen molar-refractivity contribution in [2.24, 2.45) is 15.8 Å². The Morgan fingerprint density at radius 3 is 2.46 bits per heavy atom. The van der Waals surface area contributed by atoms with E-state index in [9.17, 15) is 4.79 Å². The predicted molar refractivity (Wildman–Crippen MR) is 110 cm³/mol. The van der Waals surface area contributed by atoms with Gasteiger partial charge in [-0.05, 0) is 37.2 Å². The minimum atomic E-state index is -0.455. The molecular formula is C21H35N3O4. The maximum Gasteiger partial charge on any atom is 0.290 e. The van der Waals surface area contributed by atoms with Crippen LogP contribution in [-0.2, 0) is 14.3 Å². The molecule has 2 heterocycles. The minimum absolute atomic E-state index is 0.0164. The molecule has 0 bridgehead atoms. The van der Waals surface area contributed by atoms with Gasteiger partial charge in [-0.2, -0.15) is 0 Å². The van der Waals surface area contributed by atoms with Crippen LogP contribution in [0.5, 0.6) is 0 Å². The number of carboxylic acid groups (broad SMARTS) is 1. The molecule has 2 N–H and O–H groups in total. The van der Waals surface area contributed by atoms with Crippen molar-refractivity contribution in [2.45, 2.75) is 79.6 Å². The molecule has 2 aliphatic rings. The summed E-state index contributed by atoms with van der Waals surface area (Å²) < 4.78 is 6.19. The molecule has 2 unspecified atom stereocenters. The van der Waals surface area contributed by atoms with Crippen molar-refractivity contribution in [1.82, 2.24) is 10.2 Å². The molecule has 1 fully saturated rings. The van der Waals surface area contributed by atoms with Gasteiger partial charge < -0.3 is 20.1 Å². The van der Waals surface area contributed by atoms with Gasteiger partial charge in [0.05, 0.1) is 6.10 Å². The molecule has 2 aliphatic heterocycles. The number of hydrogen-bond donors (Lipinski definition) is 2. The van der Waals surface area contributed by atoms with Crippen molar-refractivity contribution >= 4 is 18.2 Å². The van der Waals surface area contributed by atoms with E-state index < -0.39 is 5.41 Å². The second kappa shape index (κ2) is 9.87. The summed E-state index contributed by atoms with van der Waals surface area (Å²) in [5, 5.41) is 9.73. The van der Waals surface area contributed by atoms with Gasteiger partial charge in [0.15, 0.2) is 0 Å². The molecule has 28 heavy (non-hydrogen) atoms. The molecule has 0 saturated carbocycles. The van der Waals surface area contributed by atoms with E-state index in [4.69, 9.17) is 14.6 Å². The number of carbonyl (C=O) groups excluding carboxylic acids is 1. The maximum absolute atomic E-state index is 12.1. The SMILES string of the molecule is C=C1N=C(NC(=O)C(C)(C)C)C=CN1C1CCC(CCC(C)(C)C)O1.O=CO. The summed E-state index contributed by atoms with van der Waals surface area (Å²) in [6.45, 7) is 16.2. The molecule has 2 atom stereocenters. The van der Waals surface area contributed by atoms with Crippen LogP contribution in [0.1, 0.15) is 67.2 Å². The van der Waals surface area contributed by atoms with E-state index >= 15 is 0 Å². The second-order valence-corrected chi connectivity index (χ2v) is 9.34. The Morgan fingerprint density at radius 2 is 1.96 bits per heavy atom. The van der Waals surface area contributed by atoms with E-state index in [1.165, 1.54) is 0 Å². The van der Waals surface area contributed by atoms with Crippen molar-refractivity contribution in [3.63, 3.8) is 0 Å². The molecule has 158 valence electrons. The average Bonchev–Trinajstić information content (AvgIpc) is 3.01. The third kappa shape index (κ3) is 7.84. The summed E-state index contributed by atoms with van der Waals surface area (Å²) in [4.78, 5) is 26.8. The lowest BCUT2D eigenvalue weighted by Gasteiger charge is -2.30. The number of amides is 1. The van der Waals surface area contributed by atoms with Crippen molar-refractivity contribution in [1.29, 1.82) is 0 Å². The number of aliphatic imine (C=N–C) groups is 1. The fourth-order valence-electron chi connectivity index (χ4n) is 2.80. The molecule has 0 aliphatic carbocycles. The van der Waals surface area contributed by atoms with Crippen LogP contribution in [0.15, 0.2) is 29.7 Å². The Bertz CT molecular complexity index is 627. The van der Waals surface area contributed by atoms with Gasteiger partial charge in [0.2, 0.25) is 5.91 Å². The van der Waals surface area contributed by atoms with Gasteiger partial charge in [-0.1, -0.05) is 48.1 Å². The fraction of sp³-hybridized carbons (Fsp3) is 0.667. The Balaban J connectivity index is 0.00000122. The highest BCUT2D eigenvalue weighted by Crippen LogP contribution is 2.32. The minimum Gasteiger partial charge on any atom is -0.483 e. The van der Waals surface area contributed by atoms with E-state index in [0.29, 0.717) is 23.2 Å². The number of ether oxygens (including phenoxy) is 1. The second-order valence-electron chi connectivity index (χ2n) is 9.34. The van der Waals surface area contributed by atoms with Crippen molar-refractivity contribution in [3.8, 4) is 0 Å². The molecule has 0 aromatic carbocycles. The third-order valence-electron chi connectivity index (χ3n) is 4.48. The molecule has 0 aromatic rings. The molecule has 0 aromatic heterocycles. The van der Waals surface area contributed by atoms with Crippen LogP contribution in [0.25, 0.3) is 0 Å². The maximum atomic E-state index is 12.1. The molecule has 7 nitrogen and oxygen atoms in total. The average molecular weight is 394 g/mol. The van der Waals surface area contributed by atoms with Gasteiger partial charge >= 0.3 is 0 Å². The number of hydrogen-bond acceptors (Lipinski definition) is 5. The lowest BCUT2D eigenvalue weighted by atomic mass is 9.89. The molecule has 0 spiro atoms. The summed E-state index contributed by atoms with van der Waals surface area (Å²) in [6, 6.07) is 0. The van der Waals surface area contributed by atoms with Crippen LogP contribution < -0.4 is 5.32 Å². The lowest BCUT2D eigenvalue weighted by molar-refractivity contribution is -0.127. The Kier molecular flexibility index (Phi) is 8.42. The van der Waals surface area contributed by atoms with Crippen LogP contribution in [-0.4, -0.2) is 40.6 Å². The van der Waals surface area contributed by atoms with Crippen LogP contribution in [0.4, 0.5) is 0 Å². The zero-order chi connectivity index (χ0) is 21.5. The third-order valence-corrected chi connectivity index (χ3v) is 4.48. The highest BCUT2D eigenvalue weighted by molar-refractivity contribution is 6.06. The van der Waals surface area contributed by atoms with Gasteiger partial charge in [-0.15, -0.1) is 0 Å². The predicted octanol–water partition coefficient (Wildman–Crippen LogP) is 3.88. The standard InChI is InChI=1S/C20H33N3O2.CH2O2/c1-14-21-16(22-18(24)20(5,6)7)11-13-23(14)17-9-8-15(25-17)10-12-19(2,3)4;2-1-3/h11,13,15,17H,1,8-10,12H2,2-7H3,(H,21,22,24);1H,(H,2,3). The van der Waals surface area contributed by atoms with E-state index in [1.807, 2.05) is 37.9 Å². The van der Waals surface area contributed by atoms with Gasteiger partial charge in [-0.25, -0.2) is 4.99 Å². The molecule has 2 rings (SSSR count). The van der Waals surface area contributed by atoms with Crippen molar-refractivity contribution in [2.75, 3.05) is 0 Å². The van der Waals surface area contributed by atoms with Crippen molar-refractivity contribution in [3.05, 3.63) is 24.7 Å². The first-order valence-electron chi connectivity index (χ1n) is 9.66. The number of carbonyl (C=O) groups is 2. The Hall–Kier alpha value is -2.15. The molecule has 7 heteroatoms. The number of nitrogens with one attached hydrogen (secondary N) is 1. The zero-order valence-corrected chi connectivity index (χ0v) is 18.0. The van der Waals surface area contributed by atoms with Gasteiger partial charge in [-0.3, -0.25) is 9.59 Å². The highest BCUT2D eigenvalue weighted by Gasteiger charge is 2.32. The van der Waals surface area contributed by atoms with E-state index in [2.05, 4.69) is 37.7 Å². The van der Waals surface area contributed by atoms with Crippen LogP contribution in [0.3, 0.4) is 0 Å². The Labute approximate surface area is 168 Å². The Morgan fingerprint density at radius 1 is 1.36 bits per heavy atom. The quantitative estimate of drug-likeness (QED) is 0.710. The first-order valence-corrected chi connectivity index (χ1v) is 9.66. The van der Waals surface area contributed by atoms with E-state index in [0.717, 1.165) is 25.7 Å². The summed E-state index contributed by atoms with van der Waals surface area (Å²) in [7, 11) is 0. The smallest absolute Gasteiger partial charge is 0.290 e. The fourth-order valence-corrected chi connectivity index (χ4v) is 2.80. The molecular weight excluding hydrogens is 358 g/mol. The van der Waals surface area contributed by atoms with Gasteiger partial charge in [0.25, 0.3) is 6.47 Å².